The van der Waals surface area contributed by atoms with E-state index in [4.69, 9.17) is 0 Å². The molecule has 0 saturated heterocycles. The largest absolute Gasteiger partial charge is 0.317 e. The normalized spacial score (nSPS) is 17.2. The molecule has 0 heterocycles. The second-order valence-corrected chi connectivity index (χ2v) is 5.54. The zero-order valence-corrected chi connectivity index (χ0v) is 11.4. The summed E-state index contributed by atoms with van der Waals surface area (Å²) in [6.45, 7) is 0. The predicted octanol–water partition coefficient (Wildman–Crippen LogP) is 3.66. The van der Waals surface area contributed by atoms with Crippen molar-refractivity contribution in [3.8, 4) is 0 Å². The molecule has 0 amide bonds. The van der Waals surface area contributed by atoms with Gasteiger partial charge in [-0.15, -0.1) is 0 Å². The molecular formula is C13H16BrF2N. The Morgan fingerprint density at radius 3 is 2.71 bits per heavy atom. The van der Waals surface area contributed by atoms with Gasteiger partial charge >= 0.3 is 0 Å². The summed E-state index contributed by atoms with van der Waals surface area (Å²) in [6.07, 6.45) is 3.91. The lowest BCUT2D eigenvalue weighted by atomic mass is 10.0. The molecule has 1 fully saturated rings. The molecule has 1 N–H and O–H groups in total. The van der Waals surface area contributed by atoms with Crippen molar-refractivity contribution in [1.82, 2.24) is 5.32 Å². The second-order valence-electron chi connectivity index (χ2n) is 4.69. The molecule has 1 aromatic carbocycles. The molecule has 94 valence electrons. The summed E-state index contributed by atoms with van der Waals surface area (Å²) in [6, 6.07) is 2.87. The maximum Gasteiger partial charge on any atom is 0.143 e. The Morgan fingerprint density at radius 2 is 2.12 bits per heavy atom. The lowest BCUT2D eigenvalue weighted by molar-refractivity contribution is 0.463. The highest BCUT2D eigenvalue weighted by atomic mass is 79.9. The van der Waals surface area contributed by atoms with E-state index in [0.29, 0.717) is 10.9 Å². The van der Waals surface area contributed by atoms with Crippen molar-refractivity contribution in [2.75, 3.05) is 7.05 Å². The molecule has 0 radical (unpaired) electrons. The first kappa shape index (κ1) is 13.0. The van der Waals surface area contributed by atoms with Gasteiger partial charge in [0.15, 0.2) is 0 Å². The fraction of sp³-hybridized carbons (Fsp3) is 0.538. The fourth-order valence-corrected chi connectivity index (χ4v) is 2.43. The van der Waals surface area contributed by atoms with Crippen LogP contribution >= 0.6 is 15.9 Å². The third-order valence-corrected chi connectivity index (χ3v) is 3.92. The van der Waals surface area contributed by atoms with E-state index in [1.807, 2.05) is 7.05 Å². The molecule has 0 spiro atoms. The first-order valence-electron chi connectivity index (χ1n) is 5.91. The van der Waals surface area contributed by atoms with Gasteiger partial charge in [0.2, 0.25) is 0 Å². The Labute approximate surface area is 109 Å². The highest BCUT2D eigenvalue weighted by Crippen LogP contribution is 2.34. The quantitative estimate of drug-likeness (QED) is 0.819. The number of halogens is 3. The van der Waals surface area contributed by atoms with Crippen molar-refractivity contribution in [1.29, 1.82) is 0 Å². The molecular weight excluding hydrogens is 288 g/mol. The topological polar surface area (TPSA) is 12.0 Å². The van der Waals surface area contributed by atoms with Crippen molar-refractivity contribution in [2.24, 2.45) is 5.92 Å². The van der Waals surface area contributed by atoms with Gasteiger partial charge in [-0.1, -0.05) is 12.8 Å². The average molecular weight is 304 g/mol. The summed E-state index contributed by atoms with van der Waals surface area (Å²) in [5.41, 5.74) is 0.180. The Morgan fingerprint density at radius 1 is 1.41 bits per heavy atom. The number of hydrogen-bond acceptors (Lipinski definition) is 1. The zero-order chi connectivity index (χ0) is 12.4. The van der Waals surface area contributed by atoms with Crippen LogP contribution in [-0.4, -0.2) is 13.1 Å². The van der Waals surface area contributed by atoms with Gasteiger partial charge < -0.3 is 5.32 Å². The molecule has 1 aliphatic carbocycles. The van der Waals surface area contributed by atoms with E-state index in [0.717, 1.165) is 12.3 Å². The van der Waals surface area contributed by atoms with E-state index in [1.54, 1.807) is 0 Å². The predicted molar refractivity (Wildman–Crippen MR) is 68.0 cm³/mol. The minimum Gasteiger partial charge on any atom is -0.317 e. The van der Waals surface area contributed by atoms with Gasteiger partial charge in [-0.25, -0.2) is 8.78 Å². The van der Waals surface area contributed by atoms with Crippen LogP contribution in [0.5, 0.6) is 0 Å². The molecule has 1 atom stereocenters. The Kier molecular flexibility index (Phi) is 4.15. The maximum atomic E-state index is 13.8. The Bertz CT molecular complexity index is 405. The number of benzene rings is 1. The van der Waals surface area contributed by atoms with Crippen molar-refractivity contribution in [2.45, 2.75) is 31.7 Å². The molecule has 1 nitrogen and oxygen atoms in total. The summed E-state index contributed by atoms with van der Waals surface area (Å²) in [5.74, 6) is -0.187. The highest BCUT2D eigenvalue weighted by Gasteiger charge is 2.26. The monoisotopic (exact) mass is 303 g/mol. The summed E-state index contributed by atoms with van der Waals surface area (Å²) in [5, 5.41) is 3.15. The first-order chi connectivity index (χ1) is 8.11. The summed E-state index contributed by atoms with van der Waals surface area (Å²) in [4.78, 5) is 0. The Hall–Kier alpha value is -0.480. The molecule has 17 heavy (non-hydrogen) atoms. The van der Waals surface area contributed by atoms with E-state index < -0.39 is 11.6 Å². The van der Waals surface area contributed by atoms with Gasteiger partial charge in [-0.2, -0.15) is 0 Å². The van der Waals surface area contributed by atoms with Crippen LogP contribution in [0.3, 0.4) is 0 Å². The van der Waals surface area contributed by atoms with Crippen molar-refractivity contribution in [3.05, 3.63) is 33.8 Å². The zero-order valence-electron chi connectivity index (χ0n) is 9.77. The van der Waals surface area contributed by atoms with Gasteiger partial charge in [0.05, 0.1) is 4.47 Å². The van der Waals surface area contributed by atoms with Gasteiger partial charge in [-0.3, -0.25) is 0 Å². The van der Waals surface area contributed by atoms with E-state index >= 15 is 0 Å². The summed E-state index contributed by atoms with van der Waals surface area (Å²) in [7, 11) is 1.85. The standard InChI is InChI=1S/C13H16BrF2N/c1-17-9(6-8-2-3-8)7-10-12(15)5-4-11(14)13(10)16/h4-5,8-9,17H,2-3,6-7H2,1H3. The van der Waals surface area contributed by atoms with E-state index in [1.165, 1.54) is 25.0 Å². The van der Waals surface area contributed by atoms with Crippen LogP contribution in [0.1, 0.15) is 24.8 Å². The van der Waals surface area contributed by atoms with E-state index in [-0.39, 0.29) is 11.6 Å². The average Bonchev–Trinajstić information content (AvgIpc) is 3.12. The number of hydrogen-bond donors (Lipinski definition) is 1. The van der Waals surface area contributed by atoms with Gasteiger partial charge in [0.25, 0.3) is 0 Å². The molecule has 0 bridgehead atoms. The fourth-order valence-electron chi connectivity index (χ4n) is 2.06. The molecule has 2 rings (SSSR count). The number of rotatable bonds is 5. The molecule has 0 aromatic heterocycles. The molecule has 4 heteroatoms. The summed E-state index contributed by atoms with van der Waals surface area (Å²) < 4.78 is 27.7. The van der Waals surface area contributed by atoms with Crippen molar-refractivity contribution >= 4 is 15.9 Å². The summed E-state index contributed by atoms with van der Waals surface area (Å²) >= 11 is 3.09. The molecule has 1 saturated carbocycles. The minimum absolute atomic E-state index is 0.154. The lowest BCUT2D eigenvalue weighted by Crippen LogP contribution is -2.29. The third kappa shape index (κ3) is 3.26. The molecule has 1 aliphatic rings. The smallest absolute Gasteiger partial charge is 0.143 e. The van der Waals surface area contributed by atoms with E-state index in [2.05, 4.69) is 21.2 Å². The van der Waals surface area contributed by atoms with Gasteiger partial charge in [-0.05, 0) is 53.9 Å². The number of likely N-dealkylation sites (N-methyl/N-ethyl adjacent to an activating group) is 1. The SMILES string of the molecule is CNC(Cc1c(F)ccc(Br)c1F)CC1CC1. The minimum atomic E-state index is -0.471. The van der Waals surface area contributed by atoms with Crippen molar-refractivity contribution < 1.29 is 8.78 Å². The maximum absolute atomic E-state index is 13.8. The first-order valence-corrected chi connectivity index (χ1v) is 6.70. The van der Waals surface area contributed by atoms with Crippen molar-refractivity contribution in [3.63, 3.8) is 0 Å². The van der Waals surface area contributed by atoms with E-state index in [9.17, 15) is 8.78 Å². The molecule has 0 aliphatic heterocycles. The van der Waals surface area contributed by atoms with Crippen LogP contribution < -0.4 is 5.32 Å². The Balaban J connectivity index is 2.12. The number of nitrogens with one attached hydrogen (secondary N) is 1. The molecule has 1 unspecified atom stereocenters. The van der Waals surface area contributed by atoms with Crippen LogP contribution in [0.2, 0.25) is 0 Å². The second kappa shape index (κ2) is 5.44. The lowest BCUT2D eigenvalue weighted by Gasteiger charge is -2.17. The highest BCUT2D eigenvalue weighted by molar-refractivity contribution is 9.10. The van der Waals surface area contributed by atoms with Crippen LogP contribution in [0.4, 0.5) is 8.78 Å². The van der Waals surface area contributed by atoms with Gasteiger partial charge in [0, 0.05) is 11.6 Å². The third-order valence-electron chi connectivity index (χ3n) is 3.31. The van der Waals surface area contributed by atoms with Crippen LogP contribution in [-0.2, 0) is 6.42 Å². The van der Waals surface area contributed by atoms with Crippen LogP contribution in [0, 0.1) is 17.6 Å². The molecule has 1 aromatic rings. The van der Waals surface area contributed by atoms with Crippen LogP contribution in [0.25, 0.3) is 0 Å². The van der Waals surface area contributed by atoms with Gasteiger partial charge in [0.1, 0.15) is 11.6 Å². The van der Waals surface area contributed by atoms with Crippen LogP contribution in [0.15, 0.2) is 16.6 Å².